The Morgan fingerprint density at radius 1 is 1.36 bits per heavy atom. The Morgan fingerprint density at radius 3 is 2.57 bits per heavy atom. The minimum Gasteiger partial charge on any atom is -0.389 e. The number of aliphatic hydroxyl groups excluding tert-OH is 1. The van der Waals surface area contributed by atoms with Gasteiger partial charge in [-0.25, -0.2) is 0 Å². The van der Waals surface area contributed by atoms with Crippen LogP contribution < -0.4 is 5.32 Å². The van der Waals surface area contributed by atoms with Gasteiger partial charge in [-0.2, -0.15) is 0 Å². The second-order valence-corrected chi connectivity index (χ2v) is 4.43. The predicted octanol–water partition coefficient (Wildman–Crippen LogP) is 1.30. The highest BCUT2D eigenvalue weighted by molar-refractivity contribution is 4.74. The quantitative estimate of drug-likeness (QED) is 0.680. The van der Waals surface area contributed by atoms with Crippen LogP contribution in [0.1, 0.15) is 39.5 Å². The third-order valence-corrected chi connectivity index (χ3v) is 2.62. The number of ether oxygens (including phenoxy) is 1. The van der Waals surface area contributed by atoms with Crippen LogP contribution in [-0.4, -0.2) is 36.5 Å². The molecule has 1 saturated carbocycles. The predicted molar refractivity (Wildman–Crippen MR) is 57.4 cm³/mol. The van der Waals surface area contributed by atoms with Crippen LogP contribution in [0.4, 0.5) is 0 Å². The van der Waals surface area contributed by atoms with Gasteiger partial charge in [0.15, 0.2) is 0 Å². The van der Waals surface area contributed by atoms with Crippen LogP contribution in [-0.2, 0) is 4.74 Å². The van der Waals surface area contributed by atoms with E-state index in [-0.39, 0.29) is 12.2 Å². The molecule has 0 aromatic heterocycles. The lowest BCUT2D eigenvalue weighted by atomic mass is 10.2. The molecule has 14 heavy (non-hydrogen) atoms. The Kier molecular flexibility index (Phi) is 5.45. The Labute approximate surface area is 86.8 Å². The number of aliphatic hydroxyl groups is 1. The normalized spacial score (nSPS) is 20.6. The molecule has 0 saturated heterocycles. The van der Waals surface area contributed by atoms with Crippen LogP contribution in [0.2, 0.25) is 0 Å². The van der Waals surface area contributed by atoms with Crippen LogP contribution in [0.25, 0.3) is 0 Å². The molecule has 1 atom stereocenters. The van der Waals surface area contributed by atoms with Crippen molar-refractivity contribution in [1.82, 2.24) is 5.32 Å². The van der Waals surface area contributed by atoms with E-state index in [4.69, 9.17) is 4.74 Å². The Morgan fingerprint density at radius 2 is 2.00 bits per heavy atom. The summed E-state index contributed by atoms with van der Waals surface area (Å²) >= 11 is 0. The molecule has 0 radical (unpaired) electrons. The summed E-state index contributed by atoms with van der Waals surface area (Å²) in [5.74, 6) is 0. The molecule has 0 aromatic carbocycles. The van der Waals surface area contributed by atoms with E-state index in [1.807, 2.05) is 13.8 Å². The average molecular weight is 201 g/mol. The van der Waals surface area contributed by atoms with Crippen molar-refractivity contribution in [2.24, 2.45) is 0 Å². The van der Waals surface area contributed by atoms with Crippen molar-refractivity contribution in [2.45, 2.75) is 57.8 Å². The second kappa shape index (κ2) is 6.38. The summed E-state index contributed by atoms with van der Waals surface area (Å²) in [7, 11) is 0. The topological polar surface area (TPSA) is 41.5 Å². The molecule has 1 rings (SSSR count). The first kappa shape index (κ1) is 12.0. The molecule has 1 fully saturated rings. The highest BCUT2D eigenvalue weighted by atomic mass is 16.5. The Balaban J connectivity index is 1.99. The maximum absolute atomic E-state index is 9.57. The maximum Gasteiger partial charge on any atom is 0.0897 e. The van der Waals surface area contributed by atoms with Crippen LogP contribution in [0, 0.1) is 0 Å². The zero-order chi connectivity index (χ0) is 10.4. The van der Waals surface area contributed by atoms with Crippen LogP contribution >= 0.6 is 0 Å². The van der Waals surface area contributed by atoms with Gasteiger partial charge in [0.2, 0.25) is 0 Å². The summed E-state index contributed by atoms with van der Waals surface area (Å²) in [5.41, 5.74) is 0. The molecule has 3 heteroatoms. The Bertz CT molecular complexity index is 144. The second-order valence-electron chi connectivity index (χ2n) is 4.43. The van der Waals surface area contributed by atoms with Gasteiger partial charge in [0.05, 0.1) is 18.8 Å². The van der Waals surface area contributed by atoms with Gasteiger partial charge in [0.25, 0.3) is 0 Å². The SMILES string of the molecule is CC(C)OCC(O)CNC1CCCC1. The van der Waals surface area contributed by atoms with E-state index in [1.165, 1.54) is 25.7 Å². The summed E-state index contributed by atoms with van der Waals surface area (Å²) < 4.78 is 5.33. The van der Waals surface area contributed by atoms with E-state index in [0.29, 0.717) is 19.2 Å². The molecule has 0 aromatic rings. The van der Waals surface area contributed by atoms with Crippen molar-refractivity contribution >= 4 is 0 Å². The summed E-state index contributed by atoms with van der Waals surface area (Å²) in [4.78, 5) is 0. The van der Waals surface area contributed by atoms with Crippen LogP contribution in [0.3, 0.4) is 0 Å². The molecule has 1 aliphatic carbocycles. The molecule has 3 nitrogen and oxygen atoms in total. The van der Waals surface area contributed by atoms with Crippen molar-refractivity contribution in [3.05, 3.63) is 0 Å². The van der Waals surface area contributed by atoms with Gasteiger partial charge in [-0.05, 0) is 26.7 Å². The summed E-state index contributed by atoms with van der Waals surface area (Å²) in [5, 5.41) is 12.9. The molecule has 1 unspecified atom stereocenters. The molecular formula is C11H23NO2. The minimum absolute atomic E-state index is 0.205. The zero-order valence-corrected chi connectivity index (χ0v) is 9.33. The maximum atomic E-state index is 9.57. The van der Waals surface area contributed by atoms with Gasteiger partial charge in [0, 0.05) is 12.6 Å². The molecule has 2 N–H and O–H groups in total. The van der Waals surface area contributed by atoms with Crippen molar-refractivity contribution in [3.63, 3.8) is 0 Å². The van der Waals surface area contributed by atoms with Gasteiger partial charge in [0.1, 0.15) is 0 Å². The van der Waals surface area contributed by atoms with Crippen molar-refractivity contribution in [3.8, 4) is 0 Å². The first-order valence-electron chi connectivity index (χ1n) is 5.71. The summed E-state index contributed by atoms with van der Waals surface area (Å²) in [6, 6.07) is 0.628. The van der Waals surface area contributed by atoms with Gasteiger partial charge in [-0.15, -0.1) is 0 Å². The minimum atomic E-state index is -0.363. The van der Waals surface area contributed by atoms with E-state index >= 15 is 0 Å². The molecule has 1 aliphatic rings. The Hall–Kier alpha value is -0.120. The van der Waals surface area contributed by atoms with Crippen molar-refractivity contribution in [2.75, 3.05) is 13.2 Å². The van der Waals surface area contributed by atoms with Crippen LogP contribution in [0.5, 0.6) is 0 Å². The molecule has 0 heterocycles. The number of rotatable bonds is 6. The largest absolute Gasteiger partial charge is 0.389 e. The highest BCUT2D eigenvalue weighted by Crippen LogP contribution is 2.17. The highest BCUT2D eigenvalue weighted by Gasteiger charge is 2.15. The fourth-order valence-electron chi connectivity index (χ4n) is 1.80. The number of hydrogen-bond donors (Lipinski definition) is 2. The van der Waals surface area contributed by atoms with E-state index in [0.717, 1.165) is 0 Å². The molecule has 0 spiro atoms. The van der Waals surface area contributed by atoms with Crippen molar-refractivity contribution < 1.29 is 9.84 Å². The van der Waals surface area contributed by atoms with Gasteiger partial charge in [-0.3, -0.25) is 0 Å². The molecule has 84 valence electrons. The van der Waals surface area contributed by atoms with Crippen molar-refractivity contribution in [1.29, 1.82) is 0 Å². The third kappa shape index (κ3) is 4.94. The molecule has 0 aliphatic heterocycles. The lowest BCUT2D eigenvalue weighted by Crippen LogP contribution is -2.36. The number of hydrogen-bond acceptors (Lipinski definition) is 3. The molecular weight excluding hydrogens is 178 g/mol. The first-order valence-corrected chi connectivity index (χ1v) is 5.71. The average Bonchev–Trinajstić information content (AvgIpc) is 2.63. The van der Waals surface area contributed by atoms with E-state index in [1.54, 1.807) is 0 Å². The third-order valence-electron chi connectivity index (χ3n) is 2.62. The first-order chi connectivity index (χ1) is 6.68. The lowest BCUT2D eigenvalue weighted by Gasteiger charge is -2.17. The number of nitrogens with one attached hydrogen (secondary N) is 1. The van der Waals surface area contributed by atoms with E-state index in [2.05, 4.69) is 5.32 Å². The fraction of sp³-hybridized carbons (Fsp3) is 1.00. The van der Waals surface area contributed by atoms with Crippen LogP contribution in [0.15, 0.2) is 0 Å². The van der Waals surface area contributed by atoms with Gasteiger partial charge >= 0.3 is 0 Å². The zero-order valence-electron chi connectivity index (χ0n) is 9.33. The van der Waals surface area contributed by atoms with E-state index in [9.17, 15) is 5.11 Å². The van der Waals surface area contributed by atoms with Gasteiger partial charge in [-0.1, -0.05) is 12.8 Å². The van der Waals surface area contributed by atoms with Gasteiger partial charge < -0.3 is 15.2 Å². The molecule has 0 bridgehead atoms. The standard InChI is InChI=1S/C11H23NO2/c1-9(2)14-8-11(13)7-12-10-5-3-4-6-10/h9-13H,3-8H2,1-2H3. The van der Waals surface area contributed by atoms with E-state index < -0.39 is 0 Å². The monoisotopic (exact) mass is 201 g/mol. The smallest absolute Gasteiger partial charge is 0.0897 e. The lowest BCUT2D eigenvalue weighted by molar-refractivity contribution is 0.00552. The molecule has 0 amide bonds. The summed E-state index contributed by atoms with van der Waals surface area (Å²) in [6.45, 7) is 5.07. The summed E-state index contributed by atoms with van der Waals surface area (Å²) in [6.07, 6.45) is 5.02. The fourth-order valence-corrected chi connectivity index (χ4v) is 1.80.